The molecule has 2 aromatic rings. The number of rotatable bonds is 4. The summed E-state index contributed by atoms with van der Waals surface area (Å²) in [7, 11) is 3.97. The number of amides is 1. The SMILES string of the molecule is CC(=O)c1ccc(N2CCN(C(=O)c3ccc(N(C)C)cc3)CC2)cc1. The van der Waals surface area contributed by atoms with Crippen molar-refractivity contribution < 1.29 is 9.59 Å². The van der Waals surface area contributed by atoms with Gasteiger partial charge in [0.25, 0.3) is 5.91 Å². The van der Waals surface area contributed by atoms with Crippen molar-refractivity contribution in [1.29, 1.82) is 0 Å². The number of benzene rings is 2. The van der Waals surface area contributed by atoms with Crippen molar-refractivity contribution >= 4 is 23.1 Å². The maximum Gasteiger partial charge on any atom is 0.253 e. The van der Waals surface area contributed by atoms with E-state index < -0.39 is 0 Å². The Kier molecular flexibility index (Phi) is 5.26. The molecule has 5 heteroatoms. The lowest BCUT2D eigenvalue weighted by molar-refractivity contribution is 0.0746. The van der Waals surface area contributed by atoms with Gasteiger partial charge in [-0.2, -0.15) is 0 Å². The highest BCUT2D eigenvalue weighted by Crippen LogP contribution is 2.19. The molecule has 5 nitrogen and oxygen atoms in total. The first-order valence-electron chi connectivity index (χ1n) is 8.88. The highest BCUT2D eigenvalue weighted by Gasteiger charge is 2.22. The average Bonchev–Trinajstić information content (AvgIpc) is 2.67. The molecule has 0 atom stereocenters. The number of hydrogen-bond donors (Lipinski definition) is 0. The van der Waals surface area contributed by atoms with Gasteiger partial charge in [-0.3, -0.25) is 9.59 Å². The molecule has 0 aromatic heterocycles. The zero-order chi connectivity index (χ0) is 18.7. The van der Waals surface area contributed by atoms with E-state index in [1.807, 2.05) is 72.4 Å². The highest BCUT2D eigenvalue weighted by molar-refractivity contribution is 5.95. The van der Waals surface area contributed by atoms with Crippen molar-refractivity contribution in [3.63, 3.8) is 0 Å². The Morgan fingerprint density at radius 1 is 0.808 bits per heavy atom. The van der Waals surface area contributed by atoms with Gasteiger partial charge < -0.3 is 14.7 Å². The number of piperazine rings is 1. The number of hydrogen-bond acceptors (Lipinski definition) is 4. The van der Waals surface area contributed by atoms with Gasteiger partial charge in [0.2, 0.25) is 0 Å². The van der Waals surface area contributed by atoms with Gasteiger partial charge >= 0.3 is 0 Å². The van der Waals surface area contributed by atoms with Gasteiger partial charge in [0.1, 0.15) is 0 Å². The lowest BCUT2D eigenvalue weighted by Gasteiger charge is -2.36. The van der Waals surface area contributed by atoms with Crippen LogP contribution >= 0.6 is 0 Å². The van der Waals surface area contributed by atoms with Crippen LogP contribution in [0.4, 0.5) is 11.4 Å². The molecular formula is C21H25N3O2. The van der Waals surface area contributed by atoms with Gasteiger partial charge in [-0.25, -0.2) is 0 Å². The van der Waals surface area contributed by atoms with Gasteiger partial charge in [0, 0.05) is 62.8 Å². The Bertz CT molecular complexity index is 774. The molecule has 0 unspecified atom stereocenters. The van der Waals surface area contributed by atoms with Gasteiger partial charge in [0.15, 0.2) is 5.78 Å². The van der Waals surface area contributed by atoms with Crippen molar-refractivity contribution in [2.24, 2.45) is 0 Å². The summed E-state index contributed by atoms with van der Waals surface area (Å²) in [5.41, 5.74) is 3.64. The summed E-state index contributed by atoms with van der Waals surface area (Å²) in [5.74, 6) is 0.161. The molecule has 1 heterocycles. The van der Waals surface area contributed by atoms with Crippen LogP contribution in [0.1, 0.15) is 27.6 Å². The van der Waals surface area contributed by atoms with E-state index in [1.165, 1.54) is 0 Å². The molecule has 26 heavy (non-hydrogen) atoms. The van der Waals surface area contributed by atoms with E-state index in [-0.39, 0.29) is 11.7 Å². The fourth-order valence-corrected chi connectivity index (χ4v) is 3.16. The van der Waals surface area contributed by atoms with Gasteiger partial charge in [-0.1, -0.05) is 0 Å². The second kappa shape index (κ2) is 7.60. The molecule has 0 N–H and O–H groups in total. The minimum absolute atomic E-state index is 0.0762. The summed E-state index contributed by atoms with van der Waals surface area (Å²) in [6.45, 7) is 4.55. The molecular weight excluding hydrogens is 326 g/mol. The molecule has 1 amide bonds. The van der Waals surface area contributed by atoms with Crippen LogP contribution in [0.15, 0.2) is 48.5 Å². The van der Waals surface area contributed by atoms with E-state index >= 15 is 0 Å². The van der Waals surface area contributed by atoms with E-state index in [0.29, 0.717) is 13.1 Å². The second-order valence-electron chi connectivity index (χ2n) is 6.82. The third kappa shape index (κ3) is 3.87. The summed E-state index contributed by atoms with van der Waals surface area (Å²) in [4.78, 5) is 30.3. The largest absolute Gasteiger partial charge is 0.378 e. The van der Waals surface area contributed by atoms with Gasteiger partial charge in [-0.05, 0) is 55.5 Å². The lowest BCUT2D eigenvalue weighted by atomic mass is 10.1. The van der Waals surface area contributed by atoms with E-state index in [1.54, 1.807) is 6.92 Å². The topological polar surface area (TPSA) is 43.9 Å². The molecule has 1 aliphatic rings. The molecule has 3 rings (SSSR count). The predicted octanol–water partition coefficient (Wildman–Crippen LogP) is 2.92. The van der Waals surface area contributed by atoms with E-state index in [4.69, 9.17) is 0 Å². The fraction of sp³-hybridized carbons (Fsp3) is 0.333. The molecule has 0 aliphatic carbocycles. The molecule has 1 saturated heterocycles. The monoisotopic (exact) mass is 351 g/mol. The van der Waals surface area contributed by atoms with E-state index in [2.05, 4.69) is 4.90 Å². The van der Waals surface area contributed by atoms with Crippen molar-refractivity contribution in [2.75, 3.05) is 50.1 Å². The normalized spacial score (nSPS) is 14.3. The summed E-state index contributed by atoms with van der Waals surface area (Å²) in [6.07, 6.45) is 0. The molecule has 1 aliphatic heterocycles. The quantitative estimate of drug-likeness (QED) is 0.795. The zero-order valence-electron chi connectivity index (χ0n) is 15.6. The first-order chi connectivity index (χ1) is 12.5. The van der Waals surface area contributed by atoms with Crippen LogP contribution in [-0.2, 0) is 0 Å². The second-order valence-corrected chi connectivity index (χ2v) is 6.82. The van der Waals surface area contributed by atoms with Crippen molar-refractivity contribution in [2.45, 2.75) is 6.92 Å². The van der Waals surface area contributed by atoms with Crippen LogP contribution in [0.3, 0.4) is 0 Å². The molecule has 1 fully saturated rings. The Hall–Kier alpha value is -2.82. The van der Waals surface area contributed by atoms with E-state index in [0.717, 1.165) is 35.6 Å². The number of carbonyl (C=O) groups excluding carboxylic acids is 2. The minimum atomic E-state index is 0.0762. The molecule has 0 radical (unpaired) electrons. The summed E-state index contributed by atoms with van der Waals surface area (Å²) < 4.78 is 0. The van der Waals surface area contributed by atoms with Crippen molar-refractivity contribution in [1.82, 2.24) is 4.90 Å². The van der Waals surface area contributed by atoms with Crippen LogP contribution in [-0.4, -0.2) is 56.9 Å². The summed E-state index contributed by atoms with van der Waals surface area (Å²) in [5, 5.41) is 0. The van der Waals surface area contributed by atoms with Crippen LogP contribution in [0.2, 0.25) is 0 Å². The Morgan fingerprint density at radius 3 is 1.85 bits per heavy atom. The third-order valence-corrected chi connectivity index (χ3v) is 4.84. The molecule has 0 spiro atoms. The Morgan fingerprint density at radius 2 is 1.35 bits per heavy atom. The highest BCUT2D eigenvalue weighted by atomic mass is 16.2. The number of ketones is 1. The average molecular weight is 351 g/mol. The maximum atomic E-state index is 12.7. The first-order valence-corrected chi connectivity index (χ1v) is 8.88. The third-order valence-electron chi connectivity index (χ3n) is 4.84. The molecule has 2 aromatic carbocycles. The number of nitrogens with zero attached hydrogens (tertiary/aromatic N) is 3. The minimum Gasteiger partial charge on any atom is -0.378 e. The van der Waals surface area contributed by atoms with Gasteiger partial charge in [-0.15, -0.1) is 0 Å². The van der Waals surface area contributed by atoms with Gasteiger partial charge in [0.05, 0.1) is 0 Å². The Balaban J connectivity index is 1.60. The molecule has 136 valence electrons. The fourth-order valence-electron chi connectivity index (χ4n) is 3.16. The summed E-state index contributed by atoms with van der Waals surface area (Å²) >= 11 is 0. The molecule has 0 bridgehead atoms. The first kappa shape index (κ1) is 18.0. The molecule has 0 saturated carbocycles. The van der Waals surface area contributed by atoms with E-state index in [9.17, 15) is 9.59 Å². The van der Waals surface area contributed by atoms with Crippen LogP contribution in [0.5, 0.6) is 0 Å². The Labute approximate surface area is 154 Å². The van der Waals surface area contributed by atoms with Crippen LogP contribution in [0.25, 0.3) is 0 Å². The standard InChI is InChI=1S/C21H25N3O2/c1-16(25)17-4-10-20(11-5-17)23-12-14-24(15-13-23)21(26)18-6-8-19(9-7-18)22(2)3/h4-11H,12-15H2,1-3H3. The number of carbonyl (C=O) groups is 2. The number of Topliss-reactive ketones (excluding diaryl/α,β-unsaturated/α-hetero) is 1. The maximum absolute atomic E-state index is 12.7. The van der Waals surface area contributed by atoms with Crippen LogP contribution in [0, 0.1) is 0 Å². The zero-order valence-corrected chi connectivity index (χ0v) is 15.6. The lowest BCUT2D eigenvalue weighted by Crippen LogP contribution is -2.48. The van der Waals surface area contributed by atoms with Crippen molar-refractivity contribution in [3.8, 4) is 0 Å². The van der Waals surface area contributed by atoms with Crippen molar-refractivity contribution in [3.05, 3.63) is 59.7 Å². The predicted molar refractivity (Wildman–Crippen MR) is 105 cm³/mol. The smallest absolute Gasteiger partial charge is 0.253 e. The number of anilines is 2. The van der Waals surface area contributed by atoms with Crippen LogP contribution < -0.4 is 9.80 Å². The summed E-state index contributed by atoms with van der Waals surface area (Å²) in [6, 6.07) is 15.4.